The molecule has 1 saturated heterocycles. The minimum Gasteiger partial charge on any atom is -0.462 e. The summed E-state index contributed by atoms with van der Waals surface area (Å²) in [5.41, 5.74) is 1.63. The highest BCUT2D eigenvalue weighted by Crippen LogP contribution is 2.41. The number of benzene rings is 2. The normalized spacial score (nSPS) is 19.5. The maximum atomic E-state index is 13.5. The number of allylic oxidation sites excluding steroid dienone is 1. The Morgan fingerprint density at radius 3 is 2.41 bits per heavy atom. The SMILES string of the molecule is CC(=O)Nc1ccc(C(=O)OCCOC(=O)C2C(C)=NC(C)=C(C(=O)OC[C@@H]3CCCO3)[C@H]2c2cccc([N+](=O)[O-])c2)cc1. The van der Waals surface area contributed by atoms with Gasteiger partial charge in [-0.05, 0) is 56.5 Å². The van der Waals surface area contributed by atoms with Gasteiger partial charge >= 0.3 is 17.9 Å². The van der Waals surface area contributed by atoms with E-state index in [0.29, 0.717) is 29.3 Å². The van der Waals surface area contributed by atoms with Crippen LogP contribution in [0.1, 0.15) is 55.5 Å². The van der Waals surface area contributed by atoms with E-state index in [1.165, 1.54) is 37.3 Å². The standard InChI is InChI=1S/C31H33N3O10/c1-18-26(30(37)43-15-14-42-29(36)21-9-11-23(12-10-21)33-20(3)35)28(22-6-4-7-24(16-22)34(39)40)27(19(2)32-18)31(38)44-17-25-8-5-13-41-25/h4,6-7,9-12,16,25-26,28H,5,8,13-15,17H2,1-3H3,(H,33,35)/t25-,26?,28-/m0/s1. The predicted molar refractivity (Wildman–Crippen MR) is 157 cm³/mol. The van der Waals surface area contributed by atoms with E-state index in [9.17, 15) is 29.3 Å². The second-order valence-corrected chi connectivity index (χ2v) is 10.4. The van der Waals surface area contributed by atoms with E-state index in [0.717, 1.165) is 12.8 Å². The predicted octanol–water partition coefficient (Wildman–Crippen LogP) is 4.12. The van der Waals surface area contributed by atoms with Crippen LogP contribution in [0.3, 0.4) is 0 Å². The van der Waals surface area contributed by atoms with Crippen LogP contribution in [0.4, 0.5) is 11.4 Å². The third kappa shape index (κ3) is 7.92. The van der Waals surface area contributed by atoms with Crippen molar-refractivity contribution in [2.75, 3.05) is 31.7 Å². The highest BCUT2D eigenvalue weighted by Gasteiger charge is 2.43. The van der Waals surface area contributed by atoms with E-state index in [1.54, 1.807) is 32.0 Å². The fourth-order valence-electron chi connectivity index (χ4n) is 5.16. The van der Waals surface area contributed by atoms with Crippen LogP contribution < -0.4 is 5.32 Å². The third-order valence-corrected chi connectivity index (χ3v) is 7.17. The van der Waals surface area contributed by atoms with Gasteiger partial charge in [0.2, 0.25) is 5.91 Å². The Labute approximate surface area is 253 Å². The third-order valence-electron chi connectivity index (χ3n) is 7.17. The van der Waals surface area contributed by atoms with Gasteiger partial charge in [-0.1, -0.05) is 12.1 Å². The first-order valence-corrected chi connectivity index (χ1v) is 14.1. The van der Waals surface area contributed by atoms with Crippen LogP contribution in [0.15, 0.2) is 64.8 Å². The van der Waals surface area contributed by atoms with Crippen LogP contribution in [-0.4, -0.2) is 67.0 Å². The first-order chi connectivity index (χ1) is 21.0. The number of carbonyl (C=O) groups is 4. The Kier molecular flexibility index (Phi) is 10.6. The molecule has 2 aliphatic heterocycles. The maximum Gasteiger partial charge on any atom is 0.338 e. The zero-order chi connectivity index (χ0) is 31.8. The minimum absolute atomic E-state index is 0.0242. The molecule has 0 saturated carbocycles. The highest BCUT2D eigenvalue weighted by atomic mass is 16.6. The Hall–Kier alpha value is -4.91. The number of nitrogens with one attached hydrogen (secondary N) is 1. The molecule has 1 unspecified atom stereocenters. The van der Waals surface area contributed by atoms with Crippen molar-refractivity contribution in [2.45, 2.75) is 45.6 Å². The van der Waals surface area contributed by atoms with Crippen molar-refractivity contribution >= 4 is 40.9 Å². The average molecular weight is 608 g/mol. The van der Waals surface area contributed by atoms with Crippen LogP contribution in [0.25, 0.3) is 0 Å². The van der Waals surface area contributed by atoms with Gasteiger partial charge in [-0.3, -0.25) is 24.7 Å². The Bertz CT molecular complexity index is 1490. The molecule has 0 spiro atoms. The lowest BCUT2D eigenvalue weighted by molar-refractivity contribution is -0.384. The number of aliphatic imine (C=N–C) groups is 1. The van der Waals surface area contributed by atoms with Crippen LogP contribution >= 0.6 is 0 Å². The number of amides is 1. The van der Waals surface area contributed by atoms with Crippen molar-refractivity contribution < 1.29 is 43.0 Å². The summed E-state index contributed by atoms with van der Waals surface area (Å²) < 4.78 is 21.8. The largest absolute Gasteiger partial charge is 0.462 e. The van der Waals surface area contributed by atoms with Crippen molar-refractivity contribution in [3.05, 3.63) is 81.0 Å². The Balaban J connectivity index is 1.48. The lowest BCUT2D eigenvalue weighted by atomic mass is 9.75. The number of esters is 3. The van der Waals surface area contributed by atoms with Gasteiger partial charge in [0.15, 0.2) is 0 Å². The first kappa shape index (κ1) is 32.0. The molecular formula is C31H33N3O10. The molecule has 3 atom stereocenters. The molecule has 2 aliphatic rings. The number of rotatable bonds is 11. The van der Waals surface area contributed by atoms with E-state index in [1.807, 2.05) is 0 Å². The molecule has 2 aromatic carbocycles. The lowest BCUT2D eigenvalue weighted by Crippen LogP contribution is -2.37. The molecule has 1 amide bonds. The van der Waals surface area contributed by atoms with Crippen LogP contribution in [0, 0.1) is 16.0 Å². The number of nitro groups is 1. The van der Waals surface area contributed by atoms with Gasteiger partial charge in [0, 0.05) is 48.7 Å². The second kappa shape index (κ2) is 14.5. The summed E-state index contributed by atoms with van der Waals surface area (Å²) >= 11 is 0. The molecule has 1 fully saturated rings. The number of hydrogen-bond donors (Lipinski definition) is 1. The molecule has 0 radical (unpaired) electrons. The van der Waals surface area contributed by atoms with E-state index in [-0.39, 0.29) is 48.7 Å². The van der Waals surface area contributed by atoms with Gasteiger partial charge in [-0.25, -0.2) is 9.59 Å². The van der Waals surface area contributed by atoms with Crippen molar-refractivity contribution in [1.82, 2.24) is 0 Å². The number of nitrogens with zero attached hydrogens (tertiary/aromatic N) is 2. The quantitative estimate of drug-likeness (QED) is 0.129. The number of non-ortho nitro benzene ring substituents is 1. The number of carbonyl (C=O) groups excluding carboxylic acids is 4. The van der Waals surface area contributed by atoms with Crippen LogP contribution in [-0.2, 0) is 33.3 Å². The zero-order valence-electron chi connectivity index (χ0n) is 24.6. The van der Waals surface area contributed by atoms with Gasteiger partial charge in [0.1, 0.15) is 25.7 Å². The van der Waals surface area contributed by atoms with Crippen LogP contribution in [0.5, 0.6) is 0 Å². The molecule has 2 aromatic rings. The molecule has 2 heterocycles. The van der Waals surface area contributed by atoms with Gasteiger partial charge in [0.05, 0.1) is 22.2 Å². The van der Waals surface area contributed by atoms with Gasteiger partial charge < -0.3 is 24.3 Å². The van der Waals surface area contributed by atoms with Gasteiger partial charge in [-0.15, -0.1) is 0 Å². The molecular weight excluding hydrogens is 574 g/mol. The van der Waals surface area contributed by atoms with E-state index in [4.69, 9.17) is 18.9 Å². The summed E-state index contributed by atoms with van der Waals surface area (Å²) in [5.74, 6) is -4.46. The van der Waals surface area contributed by atoms with E-state index < -0.39 is 34.7 Å². The average Bonchev–Trinajstić information content (AvgIpc) is 3.51. The molecule has 232 valence electrons. The number of nitro benzene ring substituents is 1. The molecule has 13 heteroatoms. The Morgan fingerprint density at radius 1 is 1.02 bits per heavy atom. The fourth-order valence-corrected chi connectivity index (χ4v) is 5.16. The summed E-state index contributed by atoms with van der Waals surface area (Å²) in [6.45, 7) is 4.65. The fraction of sp³-hybridized carbons (Fsp3) is 0.387. The molecule has 44 heavy (non-hydrogen) atoms. The van der Waals surface area contributed by atoms with Crippen molar-refractivity contribution in [3.8, 4) is 0 Å². The topological polar surface area (TPSA) is 173 Å². The summed E-state index contributed by atoms with van der Waals surface area (Å²) in [7, 11) is 0. The molecule has 0 aliphatic carbocycles. The number of anilines is 1. The van der Waals surface area contributed by atoms with Crippen LogP contribution in [0.2, 0.25) is 0 Å². The maximum absolute atomic E-state index is 13.5. The zero-order valence-corrected chi connectivity index (χ0v) is 24.6. The number of ether oxygens (including phenoxy) is 4. The Morgan fingerprint density at radius 2 is 1.75 bits per heavy atom. The van der Waals surface area contributed by atoms with Gasteiger partial charge in [-0.2, -0.15) is 0 Å². The van der Waals surface area contributed by atoms with Gasteiger partial charge in [0.25, 0.3) is 5.69 Å². The van der Waals surface area contributed by atoms with Crippen molar-refractivity contribution in [1.29, 1.82) is 0 Å². The van der Waals surface area contributed by atoms with Crippen molar-refractivity contribution in [3.63, 3.8) is 0 Å². The molecule has 1 N–H and O–H groups in total. The van der Waals surface area contributed by atoms with Crippen molar-refractivity contribution in [2.24, 2.45) is 10.9 Å². The van der Waals surface area contributed by atoms with E-state index >= 15 is 0 Å². The summed E-state index contributed by atoms with van der Waals surface area (Å²) in [6.07, 6.45) is 1.37. The molecule has 13 nitrogen and oxygen atoms in total. The second-order valence-electron chi connectivity index (χ2n) is 10.4. The monoisotopic (exact) mass is 607 g/mol. The smallest absolute Gasteiger partial charge is 0.338 e. The highest BCUT2D eigenvalue weighted by molar-refractivity contribution is 6.07. The molecule has 0 bridgehead atoms. The lowest BCUT2D eigenvalue weighted by Gasteiger charge is -2.31. The summed E-state index contributed by atoms with van der Waals surface area (Å²) in [5, 5.41) is 14.1. The van der Waals surface area contributed by atoms with E-state index in [2.05, 4.69) is 10.3 Å². The molecule has 0 aromatic heterocycles. The summed E-state index contributed by atoms with van der Waals surface area (Å²) in [6, 6.07) is 11.8. The first-order valence-electron chi connectivity index (χ1n) is 14.1. The molecule has 4 rings (SSSR count). The minimum atomic E-state index is -1.11. The number of hydrogen-bond acceptors (Lipinski definition) is 11. The summed E-state index contributed by atoms with van der Waals surface area (Å²) in [4.78, 5) is 65.9.